The molecule has 0 spiro atoms. The van der Waals surface area contributed by atoms with E-state index < -0.39 is 10.0 Å². The molecule has 0 bridgehead atoms. The van der Waals surface area contributed by atoms with Crippen molar-refractivity contribution in [3.8, 4) is 0 Å². The lowest BCUT2D eigenvalue weighted by Gasteiger charge is -2.14. The van der Waals surface area contributed by atoms with E-state index in [9.17, 15) is 13.2 Å². The van der Waals surface area contributed by atoms with E-state index in [1.807, 2.05) is 19.1 Å². The lowest BCUT2D eigenvalue weighted by atomic mass is 10.1. The van der Waals surface area contributed by atoms with Crippen LogP contribution in [0.15, 0.2) is 53.7 Å². The van der Waals surface area contributed by atoms with Crippen molar-refractivity contribution in [3.05, 3.63) is 59.9 Å². The van der Waals surface area contributed by atoms with E-state index in [2.05, 4.69) is 15.6 Å². The summed E-state index contributed by atoms with van der Waals surface area (Å²) in [6.45, 7) is 2.31. The van der Waals surface area contributed by atoms with E-state index in [1.54, 1.807) is 24.5 Å². The molecule has 1 atom stereocenters. The van der Waals surface area contributed by atoms with Crippen molar-refractivity contribution in [3.63, 3.8) is 0 Å². The van der Waals surface area contributed by atoms with Gasteiger partial charge < -0.3 is 10.6 Å². The first-order valence-electron chi connectivity index (χ1n) is 7.42. The van der Waals surface area contributed by atoms with Crippen molar-refractivity contribution in [2.75, 3.05) is 6.54 Å². The van der Waals surface area contributed by atoms with Crippen LogP contribution in [0.25, 0.3) is 0 Å². The summed E-state index contributed by atoms with van der Waals surface area (Å²) in [5, 5.41) is 10.6. The van der Waals surface area contributed by atoms with Gasteiger partial charge in [0.25, 0.3) is 0 Å². The number of sulfonamides is 1. The number of aromatic nitrogens is 1. The molecule has 1 heterocycles. The number of amides is 2. The molecule has 128 valence electrons. The Balaban J connectivity index is 1.78. The second-order valence-electron chi connectivity index (χ2n) is 5.35. The number of carbonyl (C=O) groups is 1. The van der Waals surface area contributed by atoms with Crippen LogP contribution in [0.1, 0.15) is 24.1 Å². The largest absolute Gasteiger partial charge is 0.338 e. The Labute approximate surface area is 141 Å². The maximum Gasteiger partial charge on any atom is 0.315 e. The van der Waals surface area contributed by atoms with Crippen molar-refractivity contribution in [1.29, 1.82) is 0 Å². The van der Waals surface area contributed by atoms with Crippen LogP contribution >= 0.6 is 0 Å². The number of urea groups is 1. The number of hydrogen-bond donors (Lipinski definition) is 3. The van der Waals surface area contributed by atoms with Gasteiger partial charge in [0.05, 0.1) is 10.9 Å². The molecule has 2 amide bonds. The molecule has 0 aliphatic rings. The van der Waals surface area contributed by atoms with Crippen LogP contribution in [-0.4, -0.2) is 26.0 Å². The zero-order valence-electron chi connectivity index (χ0n) is 13.3. The molecule has 1 aromatic heterocycles. The second-order valence-corrected chi connectivity index (χ2v) is 6.91. The molecule has 0 radical (unpaired) electrons. The summed E-state index contributed by atoms with van der Waals surface area (Å²) in [5.74, 6) is 0. The van der Waals surface area contributed by atoms with Gasteiger partial charge in [0, 0.05) is 18.9 Å². The molecule has 0 aliphatic heterocycles. The van der Waals surface area contributed by atoms with E-state index in [4.69, 9.17) is 5.14 Å². The number of nitrogens with zero attached hydrogens (tertiary/aromatic N) is 1. The molecular weight excluding hydrogens is 328 g/mol. The Morgan fingerprint density at radius 2 is 1.96 bits per heavy atom. The highest BCUT2D eigenvalue weighted by atomic mass is 32.2. The summed E-state index contributed by atoms with van der Waals surface area (Å²) in [7, 11) is -3.68. The van der Waals surface area contributed by atoms with Gasteiger partial charge in [0.1, 0.15) is 0 Å². The highest BCUT2D eigenvalue weighted by molar-refractivity contribution is 7.89. The average Bonchev–Trinajstić information content (AvgIpc) is 2.55. The minimum absolute atomic E-state index is 0.0715. The van der Waals surface area contributed by atoms with E-state index >= 15 is 0 Å². The summed E-state index contributed by atoms with van der Waals surface area (Å²) in [4.78, 5) is 16.0. The Morgan fingerprint density at radius 3 is 2.54 bits per heavy atom. The quantitative estimate of drug-likeness (QED) is 0.730. The molecule has 0 fully saturated rings. The number of rotatable bonds is 6. The fraction of sp³-hybridized carbons (Fsp3) is 0.250. The number of hydrogen-bond acceptors (Lipinski definition) is 4. The number of carbonyl (C=O) groups excluding carboxylic acids is 1. The van der Waals surface area contributed by atoms with E-state index in [-0.39, 0.29) is 17.0 Å². The first-order valence-corrected chi connectivity index (χ1v) is 8.97. The SMILES string of the molecule is C[C@@H](NC(=O)NCCc1ccc(S(N)(=O)=O)cc1)c1cccnc1. The predicted molar refractivity (Wildman–Crippen MR) is 90.7 cm³/mol. The Kier molecular flexibility index (Phi) is 5.88. The van der Waals surface area contributed by atoms with E-state index in [0.29, 0.717) is 13.0 Å². The molecule has 0 aliphatic carbocycles. The standard InChI is InChI=1S/C16H20N4O3S/c1-12(14-3-2-9-18-11-14)20-16(21)19-10-8-13-4-6-15(7-5-13)24(17,22)23/h2-7,9,11-12H,8,10H2,1H3,(H2,17,22,23)(H2,19,20,21)/t12-/m1/s1. The first kappa shape index (κ1) is 17.9. The zero-order chi connectivity index (χ0) is 17.6. The molecule has 7 nitrogen and oxygen atoms in total. The van der Waals surface area contributed by atoms with Gasteiger partial charge in [-0.05, 0) is 42.7 Å². The van der Waals surface area contributed by atoms with E-state index in [1.165, 1.54) is 12.1 Å². The molecule has 8 heteroatoms. The molecule has 0 saturated carbocycles. The van der Waals surface area contributed by atoms with Gasteiger partial charge in [-0.25, -0.2) is 18.4 Å². The monoisotopic (exact) mass is 348 g/mol. The summed E-state index contributed by atoms with van der Waals surface area (Å²) in [5.41, 5.74) is 1.83. The van der Waals surface area contributed by atoms with Crippen LogP contribution in [0.3, 0.4) is 0 Å². The van der Waals surface area contributed by atoms with Crippen LogP contribution in [0, 0.1) is 0 Å². The molecule has 2 rings (SSSR count). The number of nitrogens with one attached hydrogen (secondary N) is 2. The molecule has 0 saturated heterocycles. The van der Waals surface area contributed by atoms with Crippen molar-refractivity contribution >= 4 is 16.1 Å². The lowest BCUT2D eigenvalue weighted by molar-refractivity contribution is 0.238. The normalized spacial score (nSPS) is 12.4. The minimum atomic E-state index is -3.68. The molecular formula is C16H20N4O3S. The minimum Gasteiger partial charge on any atom is -0.338 e. The number of benzene rings is 1. The topological polar surface area (TPSA) is 114 Å². The molecule has 24 heavy (non-hydrogen) atoms. The van der Waals surface area contributed by atoms with Crippen LogP contribution < -0.4 is 15.8 Å². The second kappa shape index (κ2) is 7.89. The van der Waals surface area contributed by atoms with Crippen LogP contribution in [0.2, 0.25) is 0 Å². The van der Waals surface area contributed by atoms with Crippen LogP contribution in [0.4, 0.5) is 4.79 Å². The van der Waals surface area contributed by atoms with Gasteiger partial charge in [-0.15, -0.1) is 0 Å². The van der Waals surface area contributed by atoms with Gasteiger partial charge >= 0.3 is 6.03 Å². The Bertz CT molecular complexity index is 777. The van der Waals surface area contributed by atoms with Crippen molar-refractivity contribution in [2.24, 2.45) is 5.14 Å². The third kappa shape index (κ3) is 5.32. The molecule has 2 aromatic rings. The maximum atomic E-state index is 11.9. The maximum absolute atomic E-state index is 11.9. The van der Waals surface area contributed by atoms with Gasteiger partial charge in [-0.2, -0.15) is 0 Å². The first-order chi connectivity index (χ1) is 11.4. The third-order valence-electron chi connectivity index (χ3n) is 3.48. The Hall–Kier alpha value is -2.45. The molecule has 4 N–H and O–H groups in total. The summed E-state index contributed by atoms with van der Waals surface area (Å²) >= 11 is 0. The number of pyridine rings is 1. The molecule has 0 unspecified atom stereocenters. The fourth-order valence-electron chi connectivity index (χ4n) is 2.13. The number of primary sulfonamides is 1. The van der Waals surface area contributed by atoms with Gasteiger partial charge in [0.15, 0.2) is 0 Å². The smallest absolute Gasteiger partial charge is 0.315 e. The lowest BCUT2D eigenvalue weighted by Crippen LogP contribution is -2.38. The predicted octanol–water partition coefficient (Wildman–Crippen LogP) is 1.33. The van der Waals surface area contributed by atoms with Crippen molar-refractivity contribution in [2.45, 2.75) is 24.3 Å². The summed E-state index contributed by atoms with van der Waals surface area (Å²) < 4.78 is 22.4. The van der Waals surface area contributed by atoms with Crippen LogP contribution in [-0.2, 0) is 16.4 Å². The fourth-order valence-corrected chi connectivity index (χ4v) is 2.64. The summed E-state index contributed by atoms with van der Waals surface area (Å²) in [6.07, 6.45) is 3.97. The third-order valence-corrected chi connectivity index (χ3v) is 4.41. The molecule has 1 aromatic carbocycles. The highest BCUT2D eigenvalue weighted by Crippen LogP contribution is 2.10. The number of nitrogens with two attached hydrogens (primary N) is 1. The zero-order valence-corrected chi connectivity index (χ0v) is 14.1. The van der Waals surface area contributed by atoms with Gasteiger partial charge in [-0.3, -0.25) is 4.98 Å². The van der Waals surface area contributed by atoms with Crippen molar-refractivity contribution in [1.82, 2.24) is 15.6 Å². The van der Waals surface area contributed by atoms with E-state index in [0.717, 1.165) is 11.1 Å². The summed E-state index contributed by atoms with van der Waals surface area (Å²) in [6, 6.07) is 9.56. The van der Waals surface area contributed by atoms with Gasteiger partial charge in [-0.1, -0.05) is 18.2 Å². The van der Waals surface area contributed by atoms with Crippen molar-refractivity contribution < 1.29 is 13.2 Å². The van der Waals surface area contributed by atoms with Gasteiger partial charge in [0.2, 0.25) is 10.0 Å². The average molecular weight is 348 g/mol. The van der Waals surface area contributed by atoms with Crippen LogP contribution in [0.5, 0.6) is 0 Å². The Morgan fingerprint density at radius 1 is 1.25 bits per heavy atom. The highest BCUT2D eigenvalue weighted by Gasteiger charge is 2.09.